The molecule has 2 fully saturated rings. The molecular formula is C26H42N7O3P. The van der Waals surface area contributed by atoms with Crippen LogP contribution in [0.5, 0.6) is 5.75 Å². The Morgan fingerprint density at radius 1 is 1.14 bits per heavy atom. The van der Waals surface area contributed by atoms with Crippen molar-refractivity contribution < 1.29 is 9.53 Å². The third kappa shape index (κ3) is 6.49. The van der Waals surface area contributed by atoms with Crippen molar-refractivity contribution in [2.45, 2.75) is 32.4 Å². The molecule has 1 aromatic heterocycles. The van der Waals surface area contributed by atoms with E-state index in [2.05, 4.69) is 23.5 Å². The van der Waals surface area contributed by atoms with E-state index in [-0.39, 0.29) is 11.6 Å². The van der Waals surface area contributed by atoms with Gasteiger partial charge in [0.05, 0.1) is 5.54 Å². The third-order valence-electron chi connectivity index (χ3n) is 7.54. The van der Waals surface area contributed by atoms with Crippen molar-refractivity contribution in [3.8, 4) is 11.4 Å². The Hall–Kier alpha value is -2.52. The van der Waals surface area contributed by atoms with Gasteiger partial charge in [-0.3, -0.25) is 4.79 Å². The molecule has 0 bridgehead atoms. The maximum atomic E-state index is 12.8. The monoisotopic (exact) mass is 531 g/mol. The molecule has 10 nitrogen and oxygen atoms in total. The second-order valence-electron chi connectivity index (χ2n) is 11.3. The molecule has 3 heterocycles. The van der Waals surface area contributed by atoms with Crippen LogP contribution in [0.4, 0.5) is 5.82 Å². The van der Waals surface area contributed by atoms with Crippen molar-refractivity contribution in [1.29, 1.82) is 0 Å². The number of piperazine rings is 1. The molecule has 2 aliphatic heterocycles. The number of benzene rings is 1. The van der Waals surface area contributed by atoms with Crippen LogP contribution in [0.3, 0.4) is 0 Å². The van der Waals surface area contributed by atoms with Gasteiger partial charge in [0.1, 0.15) is 5.82 Å². The number of amides is 1. The topological polar surface area (TPSA) is 123 Å². The maximum absolute atomic E-state index is 12.8. The Morgan fingerprint density at radius 3 is 2.38 bits per heavy atom. The van der Waals surface area contributed by atoms with Crippen LogP contribution in [0.25, 0.3) is 5.69 Å². The summed E-state index contributed by atoms with van der Waals surface area (Å²) in [7, 11) is -1.29. The summed E-state index contributed by atoms with van der Waals surface area (Å²) in [5.74, 6) is 1.33. The molecule has 37 heavy (non-hydrogen) atoms. The molecule has 2 saturated heterocycles. The number of rotatable bonds is 8. The van der Waals surface area contributed by atoms with Crippen LogP contribution in [0.2, 0.25) is 0 Å². The number of ether oxygens (including phenoxy) is 1. The summed E-state index contributed by atoms with van der Waals surface area (Å²) in [6, 6.07) is 9.69. The van der Waals surface area contributed by atoms with Crippen LogP contribution in [0.1, 0.15) is 20.8 Å². The summed E-state index contributed by atoms with van der Waals surface area (Å²) < 4.78 is 7.57. The first kappa shape index (κ1) is 27.5. The van der Waals surface area contributed by atoms with Gasteiger partial charge < -0.3 is 15.5 Å². The Bertz CT molecular complexity index is 1140. The van der Waals surface area contributed by atoms with E-state index in [9.17, 15) is 9.59 Å². The van der Waals surface area contributed by atoms with Crippen molar-refractivity contribution in [3.05, 3.63) is 47.0 Å². The van der Waals surface area contributed by atoms with Gasteiger partial charge in [0, 0.05) is 26.2 Å². The van der Waals surface area contributed by atoms with E-state index in [4.69, 9.17) is 16.2 Å². The number of hydrogen-bond donors (Lipinski definition) is 2. The zero-order valence-corrected chi connectivity index (χ0v) is 23.5. The van der Waals surface area contributed by atoms with Crippen LogP contribution in [-0.2, 0) is 4.79 Å². The van der Waals surface area contributed by atoms with Crippen molar-refractivity contribution in [2.75, 3.05) is 69.6 Å². The fourth-order valence-corrected chi connectivity index (χ4v) is 7.71. The summed E-state index contributed by atoms with van der Waals surface area (Å²) in [4.78, 5) is 35.8. The van der Waals surface area contributed by atoms with E-state index >= 15 is 0 Å². The molecule has 0 spiro atoms. The average molecular weight is 532 g/mol. The molecule has 1 unspecified atom stereocenters. The zero-order valence-electron chi connectivity index (χ0n) is 22.5. The van der Waals surface area contributed by atoms with Crippen molar-refractivity contribution in [1.82, 2.24) is 19.4 Å². The average Bonchev–Trinajstić information content (AvgIpc) is 3.29. The van der Waals surface area contributed by atoms with Gasteiger partial charge >= 0.3 is 142 Å². The minimum absolute atomic E-state index is 0.0651. The Kier molecular flexibility index (Phi) is 8.23. The molecule has 11 heteroatoms. The first-order valence-electron chi connectivity index (χ1n) is 13.1. The molecule has 2 aliphatic rings. The molecule has 4 rings (SSSR count). The molecule has 1 aromatic carbocycles. The molecule has 0 radical (unpaired) electrons. The summed E-state index contributed by atoms with van der Waals surface area (Å²) in [5.41, 5.74) is 11.4. The second-order valence-corrected chi connectivity index (χ2v) is 16.2. The number of anilines is 1. The fourth-order valence-electron chi connectivity index (χ4n) is 4.94. The third-order valence-corrected chi connectivity index (χ3v) is 11.1. The van der Waals surface area contributed by atoms with Crippen molar-refractivity contribution >= 4 is 19.0 Å². The molecule has 0 saturated carbocycles. The number of carbonyl (C=O) groups is 1. The summed E-state index contributed by atoms with van der Waals surface area (Å²) in [5, 5.41) is 0. The molecule has 1 amide bonds. The van der Waals surface area contributed by atoms with Crippen LogP contribution in [-0.4, -0.2) is 102 Å². The standard InChI is InChI=1S/C26H42N7O3P/c1-20(32-15-16-37(4,18-27)19-32)17-36-22-7-5-21(6-8-22)33-10-9-23(29-25(33)35)30-11-13-31(14-12-30)24(34)26(2,3)28/h5-10,20,37H,11-19,27-28H2,1-4H3. The van der Waals surface area contributed by atoms with Gasteiger partial charge in [-0.05, 0) is 13.8 Å². The number of aromatic nitrogens is 2. The molecule has 204 valence electrons. The number of nitrogens with two attached hydrogens (primary N) is 2. The van der Waals surface area contributed by atoms with Gasteiger partial charge in [0.15, 0.2) is 0 Å². The van der Waals surface area contributed by atoms with E-state index in [0.29, 0.717) is 44.6 Å². The molecule has 1 atom stereocenters. The summed E-state index contributed by atoms with van der Waals surface area (Å²) in [6.45, 7) is 12.1. The first-order chi connectivity index (χ1) is 17.5. The predicted molar refractivity (Wildman–Crippen MR) is 152 cm³/mol. The van der Waals surface area contributed by atoms with Crippen molar-refractivity contribution in [3.63, 3.8) is 0 Å². The van der Waals surface area contributed by atoms with E-state index in [1.165, 1.54) is 10.7 Å². The number of hydrogen-bond acceptors (Lipinski definition) is 8. The van der Waals surface area contributed by atoms with Crippen LogP contribution < -0.4 is 26.8 Å². The van der Waals surface area contributed by atoms with Gasteiger partial charge in [0.2, 0.25) is 5.91 Å². The Labute approximate surface area is 219 Å². The second kappa shape index (κ2) is 11.1. The van der Waals surface area contributed by atoms with Crippen molar-refractivity contribution in [2.24, 2.45) is 11.5 Å². The normalized spacial score (nSPS) is 20.1. The van der Waals surface area contributed by atoms with Gasteiger partial charge in [-0.25, -0.2) is 0 Å². The van der Waals surface area contributed by atoms with Crippen LogP contribution >= 0.6 is 7.26 Å². The van der Waals surface area contributed by atoms with Gasteiger partial charge in [-0.15, -0.1) is 0 Å². The minimum atomic E-state index is -1.29. The quantitative estimate of drug-likeness (QED) is 0.483. The van der Waals surface area contributed by atoms with Crippen LogP contribution in [0.15, 0.2) is 41.3 Å². The fraction of sp³-hybridized carbons (Fsp3) is 0.577. The van der Waals surface area contributed by atoms with E-state index < -0.39 is 12.8 Å². The SMILES string of the molecule is CC(COc1ccc(-n2ccc(N3CCN(C(=O)C(C)(C)N)CC3)nc2=O)cc1)N1CC[PH](C)(CN)C1. The van der Waals surface area contributed by atoms with Crippen LogP contribution in [0, 0.1) is 0 Å². The molecule has 0 aliphatic carbocycles. The van der Waals surface area contributed by atoms with Gasteiger partial charge in [-0.2, -0.15) is 0 Å². The zero-order chi connectivity index (χ0) is 26.8. The summed E-state index contributed by atoms with van der Waals surface area (Å²) >= 11 is 0. The van der Waals surface area contributed by atoms with Gasteiger partial charge in [-0.1, -0.05) is 0 Å². The van der Waals surface area contributed by atoms with Gasteiger partial charge in [0.25, 0.3) is 0 Å². The van der Waals surface area contributed by atoms with E-state index in [1.807, 2.05) is 35.2 Å². The predicted octanol–water partition coefficient (Wildman–Crippen LogP) is 0.955. The number of carbonyl (C=O) groups excluding carboxylic acids is 1. The van der Waals surface area contributed by atoms with E-state index in [1.54, 1.807) is 24.9 Å². The molecule has 4 N–H and O–H groups in total. The molecule has 2 aromatic rings. The first-order valence-corrected chi connectivity index (χ1v) is 16.2. The van der Waals surface area contributed by atoms with E-state index in [0.717, 1.165) is 30.6 Å². The Balaban J connectivity index is 1.32. The summed E-state index contributed by atoms with van der Waals surface area (Å²) in [6.07, 6.45) is 4.98. The number of nitrogens with zero attached hydrogens (tertiary/aromatic N) is 5. The molecular weight excluding hydrogens is 489 g/mol. The Morgan fingerprint density at radius 2 is 1.81 bits per heavy atom.